The van der Waals surface area contributed by atoms with Crippen LogP contribution < -0.4 is 0 Å². The lowest BCUT2D eigenvalue weighted by molar-refractivity contribution is 0.914. The van der Waals surface area contributed by atoms with Gasteiger partial charge in [0.1, 0.15) is 5.82 Å². The molecular formula is C17H14N4S. The number of rotatable bonds is 3. The second-order valence-electron chi connectivity index (χ2n) is 4.89. The van der Waals surface area contributed by atoms with E-state index in [-0.39, 0.29) is 0 Å². The lowest BCUT2D eigenvalue weighted by Crippen LogP contribution is -1.99. The molecule has 22 heavy (non-hydrogen) atoms. The van der Waals surface area contributed by atoms with Crippen LogP contribution in [-0.4, -0.2) is 25.3 Å². The van der Waals surface area contributed by atoms with Crippen molar-refractivity contribution in [1.29, 1.82) is 0 Å². The number of hydrogen-bond donors (Lipinski definition) is 0. The maximum Gasteiger partial charge on any atom is 0.197 e. The molecule has 0 aliphatic rings. The van der Waals surface area contributed by atoms with Crippen LogP contribution in [0.4, 0.5) is 0 Å². The van der Waals surface area contributed by atoms with Crippen LogP contribution in [0.25, 0.3) is 27.9 Å². The fourth-order valence-corrected chi connectivity index (χ4v) is 3.22. The minimum atomic E-state index is 0.861. The summed E-state index contributed by atoms with van der Waals surface area (Å²) in [4.78, 5) is 4.86. The summed E-state index contributed by atoms with van der Waals surface area (Å²) in [5, 5.41) is 10.7. The van der Waals surface area contributed by atoms with Gasteiger partial charge in [-0.3, -0.25) is 4.40 Å². The summed E-state index contributed by atoms with van der Waals surface area (Å²) in [7, 11) is 0. The van der Waals surface area contributed by atoms with Gasteiger partial charge in [0.15, 0.2) is 10.8 Å². The quantitative estimate of drug-likeness (QED) is 0.535. The summed E-state index contributed by atoms with van der Waals surface area (Å²) < 4.78 is 2.06. The van der Waals surface area contributed by atoms with E-state index in [1.165, 1.54) is 0 Å². The molecule has 2 aromatic carbocycles. The third-order valence-electron chi connectivity index (χ3n) is 3.52. The number of para-hydroxylation sites is 1. The van der Waals surface area contributed by atoms with Gasteiger partial charge < -0.3 is 0 Å². The molecule has 0 unspecified atom stereocenters. The van der Waals surface area contributed by atoms with E-state index in [2.05, 4.69) is 33.7 Å². The van der Waals surface area contributed by atoms with Crippen LogP contribution in [0.2, 0.25) is 0 Å². The van der Waals surface area contributed by atoms with Crippen molar-refractivity contribution in [2.75, 3.05) is 5.75 Å². The molecule has 0 fully saturated rings. The molecule has 4 nitrogen and oxygen atoms in total. The van der Waals surface area contributed by atoms with Crippen molar-refractivity contribution in [2.24, 2.45) is 0 Å². The minimum Gasteiger partial charge on any atom is -0.253 e. The highest BCUT2D eigenvalue weighted by Gasteiger charge is 2.15. The molecule has 0 aliphatic heterocycles. The van der Waals surface area contributed by atoms with Gasteiger partial charge in [0.25, 0.3) is 0 Å². The van der Waals surface area contributed by atoms with Gasteiger partial charge in [0.05, 0.1) is 5.52 Å². The van der Waals surface area contributed by atoms with Crippen LogP contribution in [0.5, 0.6) is 0 Å². The predicted octanol–water partition coefficient (Wildman–Crippen LogP) is 4.06. The Hall–Kier alpha value is -2.40. The van der Waals surface area contributed by atoms with E-state index in [9.17, 15) is 0 Å². The van der Waals surface area contributed by atoms with Crippen molar-refractivity contribution in [2.45, 2.75) is 12.1 Å². The maximum absolute atomic E-state index is 4.86. The van der Waals surface area contributed by atoms with E-state index < -0.39 is 0 Å². The monoisotopic (exact) mass is 306 g/mol. The van der Waals surface area contributed by atoms with Gasteiger partial charge >= 0.3 is 0 Å². The molecular weight excluding hydrogens is 292 g/mol. The zero-order chi connectivity index (χ0) is 14.9. The van der Waals surface area contributed by atoms with E-state index in [1.807, 2.05) is 42.5 Å². The highest BCUT2D eigenvalue weighted by atomic mass is 32.2. The fraction of sp³-hybridized carbons (Fsp3) is 0.118. The van der Waals surface area contributed by atoms with E-state index in [0.29, 0.717) is 0 Å². The van der Waals surface area contributed by atoms with E-state index in [1.54, 1.807) is 11.8 Å². The van der Waals surface area contributed by atoms with Crippen molar-refractivity contribution in [1.82, 2.24) is 19.6 Å². The van der Waals surface area contributed by atoms with Crippen LogP contribution in [0.1, 0.15) is 6.92 Å². The molecule has 0 spiro atoms. The Kier molecular flexibility index (Phi) is 3.27. The number of nitrogens with zero attached hydrogens (tertiary/aromatic N) is 4. The first-order valence-corrected chi connectivity index (χ1v) is 8.19. The van der Waals surface area contributed by atoms with Crippen molar-refractivity contribution < 1.29 is 0 Å². The van der Waals surface area contributed by atoms with Crippen LogP contribution >= 0.6 is 11.8 Å². The lowest BCUT2D eigenvalue weighted by atomic mass is 10.2. The molecule has 0 aliphatic carbocycles. The second kappa shape index (κ2) is 5.42. The fourth-order valence-electron chi connectivity index (χ4n) is 2.56. The van der Waals surface area contributed by atoms with Gasteiger partial charge in [0.2, 0.25) is 0 Å². The van der Waals surface area contributed by atoms with Crippen LogP contribution in [0, 0.1) is 0 Å². The number of hydrogen-bond acceptors (Lipinski definition) is 4. The van der Waals surface area contributed by atoms with Gasteiger partial charge in [-0.15, -0.1) is 10.2 Å². The average Bonchev–Trinajstić information content (AvgIpc) is 3.00. The van der Waals surface area contributed by atoms with E-state index >= 15 is 0 Å². The largest absolute Gasteiger partial charge is 0.253 e. The molecule has 2 aromatic heterocycles. The third kappa shape index (κ3) is 2.05. The molecule has 0 bridgehead atoms. The summed E-state index contributed by atoms with van der Waals surface area (Å²) in [6, 6.07) is 18.3. The molecule has 0 amide bonds. The summed E-state index contributed by atoms with van der Waals surface area (Å²) in [6.45, 7) is 2.11. The molecule has 4 rings (SSSR count). The topological polar surface area (TPSA) is 43.1 Å². The van der Waals surface area contributed by atoms with Crippen molar-refractivity contribution in [3.8, 4) is 11.4 Å². The molecule has 2 heterocycles. The molecule has 5 heteroatoms. The number of fused-ring (bicyclic) bond motifs is 3. The standard InChI is InChI=1S/C17H14N4S/c1-2-22-17-20-19-16-13-10-6-7-11-14(13)18-15(21(16)17)12-8-4-3-5-9-12/h3-11H,2H2,1H3. The Morgan fingerprint density at radius 3 is 2.55 bits per heavy atom. The molecule has 0 saturated heterocycles. The molecule has 4 aromatic rings. The first-order chi connectivity index (χ1) is 10.9. The molecule has 108 valence electrons. The maximum atomic E-state index is 4.86. The van der Waals surface area contributed by atoms with Crippen molar-refractivity contribution >= 4 is 28.3 Å². The summed E-state index contributed by atoms with van der Waals surface area (Å²) >= 11 is 1.68. The van der Waals surface area contributed by atoms with Crippen LogP contribution in [-0.2, 0) is 0 Å². The third-order valence-corrected chi connectivity index (χ3v) is 4.33. The van der Waals surface area contributed by atoms with E-state index in [4.69, 9.17) is 4.98 Å². The van der Waals surface area contributed by atoms with Gasteiger partial charge in [-0.25, -0.2) is 4.98 Å². The van der Waals surface area contributed by atoms with Crippen LogP contribution in [0.3, 0.4) is 0 Å². The van der Waals surface area contributed by atoms with Crippen molar-refractivity contribution in [3.63, 3.8) is 0 Å². The summed E-state index contributed by atoms with van der Waals surface area (Å²) in [5.41, 5.74) is 2.87. The SMILES string of the molecule is CCSc1nnc2c3ccccc3nc(-c3ccccc3)n12. The molecule has 0 radical (unpaired) electrons. The zero-order valence-corrected chi connectivity index (χ0v) is 12.9. The first kappa shape index (κ1) is 13.3. The van der Waals surface area contributed by atoms with Crippen molar-refractivity contribution in [3.05, 3.63) is 54.6 Å². The molecule has 0 saturated carbocycles. The normalized spacial score (nSPS) is 11.3. The average molecular weight is 306 g/mol. The smallest absolute Gasteiger partial charge is 0.197 e. The first-order valence-electron chi connectivity index (χ1n) is 7.20. The zero-order valence-electron chi connectivity index (χ0n) is 12.1. The lowest BCUT2D eigenvalue weighted by Gasteiger charge is -2.09. The Bertz CT molecular complexity index is 947. The van der Waals surface area contributed by atoms with E-state index in [0.717, 1.165) is 38.8 Å². The number of benzene rings is 2. The number of thioether (sulfide) groups is 1. The highest BCUT2D eigenvalue weighted by molar-refractivity contribution is 7.99. The second-order valence-corrected chi connectivity index (χ2v) is 6.12. The van der Waals surface area contributed by atoms with Crippen LogP contribution in [0.15, 0.2) is 59.8 Å². The predicted molar refractivity (Wildman–Crippen MR) is 90.1 cm³/mol. The Balaban J connectivity index is 2.13. The summed E-state index contributed by atoms with van der Waals surface area (Å²) in [6.07, 6.45) is 0. The summed E-state index contributed by atoms with van der Waals surface area (Å²) in [5.74, 6) is 1.83. The minimum absolute atomic E-state index is 0.861. The van der Waals surface area contributed by atoms with Gasteiger partial charge in [-0.1, -0.05) is 61.2 Å². The molecule has 0 N–H and O–H groups in total. The highest BCUT2D eigenvalue weighted by Crippen LogP contribution is 2.28. The Labute approximate surface area is 132 Å². The molecule has 0 atom stereocenters. The number of aromatic nitrogens is 4. The van der Waals surface area contributed by atoms with Gasteiger partial charge in [-0.2, -0.15) is 0 Å². The Morgan fingerprint density at radius 1 is 0.955 bits per heavy atom. The van der Waals surface area contributed by atoms with Gasteiger partial charge in [-0.05, 0) is 17.9 Å². The van der Waals surface area contributed by atoms with Gasteiger partial charge in [0, 0.05) is 10.9 Å². The Morgan fingerprint density at radius 2 is 1.73 bits per heavy atom.